The molecule has 18 heavy (non-hydrogen) atoms. The van der Waals surface area contributed by atoms with E-state index in [1.165, 1.54) is 6.42 Å². The van der Waals surface area contributed by atoms with Crippen LogP contribution in [0.25, 0.3) is 0 Å². The number of oxime groups is 1. The molecule has 0 aromatic heterocycles. The zero-order valence-electron chi connectivity index (χ0n) is 11.7. The molecule has 0 aromatic rings. The zero-order valence-corrected chi connectivity index (χ0v) is 12.4. The lowest BCUT2D eigenvalue weighted by atomic mass is 9.71. The van der Waals surface area contributed by atoms with E-state index in [4.69, 9.17) is 16.4 Å². The third-order valence-corrected chi connectivity index (χ3v) is 4.26. The summed E-state index contributed by atoms with van der Waals surface area (Å²) < 4.78 is 0. The number of hydrogen-bond acceptors (Lipinski definition) is 4. The van der Waals surface area contributed by atoms with Gasteiger partial charge >= 0.3 is 0 Å². The summed E-state index contributed by atoms with van der Waals surface area (Å²) in [5, 5.41) is 14.2. The van der Waals surface area contributed by atoms with Crippen LogP contribution >= 0.6 is 11.6 Å². The average molecular weight is 277 g/mol. The van der Waals surface area contributed by atoms with E-state index in [1.54, 1.807) is 0 Å². The van der Waals surface area contributed by atoms with E-state index in [2.05, 4.69) is 30.8 Å². The van der Waals surface area contributed by atoms with Gasteiger partial charge in [-0.2, -0.15) is 0 Å². The Morgan fingerprint density at radius 3 is 2.50 bits per heavy atom. The number of nitrogens with zero attached hydrogens (tertiary/aromatic N) is 2. The number of hydrogen-bond donors (Lipinski definition) is 1. The number of rotatable bonds is 8. The van der Waals surface area contributed by atoms with Gasteiger partial charge in [-0.05, 0) is 25.9 Å². The van der Waals surface area contributed by atoms with Crippen molar-refractivity contribution in [1.29, 1.82) is 0 Å². The minimum Gasteiger partial charge on any atom is -0.392 e. The van der Waals surface area contributed by atoms with Gasteiger partial charge < -0.3 is 14.8 Å². The molecule has 1 aliphatic carbocycles. The van der Waals surface area contributed by atoms with Crippen LogP contribution < -0.4 is 0 Å². The van der Waals surface area contributed by atoms with Crippen LogP contribution in [0.3, 0.4) is 0 Å². The highest BCUT2D eigenvalue weighted by molar-refractivity contribution is 6.66. The van der Waals surface area contributed by atoms with Crippen molar-refractivity contribution in [3.05, 3.63) is 0 Å². The second kappa shape index (κ2) is 7.31. The summed E-state index contributed by atoms with van der Waals surface area (Å²) in [7, 11) is 0. The zero-order chi connectivity index (χ0) is 13.6. The first-order valence-corrected chi connectivity index (χ1v) is 7.16. The van der Waals surface area contributed by atoms with Crippen LogP contribution in [0.1, 0.15) is 40.0 Å². The van der Waals surface area contributed by atoms with Crippen LogP contribution in [0.5, 0.6) is 0 Å². The van der Waals surface area contributed by atoms with E-state index in [0.717, 1.165) is 25.9 Å². The van der Waals surface area contributed by atoms with Gasteiger partial charge in [0.15, 0.2) is 5.17 Å². The summed E-state index contributed by atoms with van der Waals surface area (Å²) in [6.07, 6.45) is 2.82. The molecule has 1 unspecified atom stereocenters. The molecule has 0 spiro atoms. The van der Waals surface area contributed by atoms with E-state index in [-0.39, 0.29) is 12.0 Å². The first kappa shape index (κ1) is 15.7. The first-order valence-electron chi connectivity index (χ1n) is 6.78. The van der Waals surface area contributed by atoms with Gasteiger partial charge in [0.05, 0.1) is 0 Å². The lowest BCUT2D eigenvalue weighted by Crippen LogP contribution is -2.35. The maximum absolute atomic E-state index is 9.79. The van der Waals surface area contributed by atoms with Gasteiger partial charge in [-0.1, -0.05) is 43.9 Å². The maximum atomic E-state index is 9.79. The van der Waals surface area contributed by atoms with Crippen LogP contribution in [-0.4, -0.2) is 47.5 Å². The van der Waals surface area contributed by atoms with E-state index >= 15 is 0 Å². The van der Waals surface area contributed by atoms with Crippen molar-refractivity contribution in [1.82, 2.24) is 4.90 Å². The molecule has 0 saturated heterocycles. The molecule has 0 aliphatic heterocycles. The number of likely N-dealkylation sites (N-methyl/N-ethyl adjacent to an activating group) is 1. The summed E-state index contributed by atoms with van der Waals surface area (Å²) in [4.78, 5) is 7.29. The third kappa shape index (κ3) is 4.41. The van der Waals surface area contributed by atoms with Crippen LogP contribution in [0, 0.1) is 5.41 Å². The third-order valence-electron chi connectivity index (χ3n) is 3.73. The molecule has 0 heterocycles. The molecule has 1 N–H and O–H groups in total. The minimum atomic E-state index is -0.521. The molecule has 0 aromatic carbocycles. The predicted molar refractivity (Wildman–Crippen MR) is 75.0 cm³/mol. The Morgan fingerprint density at radius 2 is 2.06 bits per heavy atom. The monoisotopic (exact) mass is 276 g/mol. The molecule has 1 saturated carbocycles. The lowest BCUT2D eigenvalue weighted by molar-refractivity contribution is 0.0195. The van der Waals surface area contributed by atoms with E-state index in [9.17, 15) is 5.11 Å². The summed E-state index contributed by atoms with van der Waals surface area (Å²) in [5.41, 5.74) is 0.00534. The first-order chi connectivity index (χ1) is 8.51. The normalized spacial score (nSPS) is 20.7. The van der Waals surface area contributed by atoms with Crippen LogP contribution in [0.2, 0.25) is 0 Å². The topological polar surface area (TPSA) is 45.1 Å². The van der Waals surface area contributed by atoms with Gasteiger partial charge in [0.2, 0.25) is 0 Å². The van der Waals surface area contributed by atoms with Crippen molar-refractivity contribution < 1.29 is 9.94 Å². The second-order valence-electron chi connectivity index (χ2n) is 5.23. The van der Waals surface area contributed by atoms with Gasteiger partial charge in [0.1, 0.15) is 12.7 Å². The predicted octanol–water partition coefficient (Wildman–Crippen LogP) is 2.45. The molecule has 1 aliphatic rings. The molecule has 0 bridgehead atoms. The number of aliphatic hydroxyl groups is 1. The molecule has 5 heteroatoms. The Labute approximate surface area is 115 Å². The molecular weight excluding hydrogens is 252 g/mol. The Kier molecular flexibility index (Phi) is 6.39. The highest BCUT2D eigenvalue weighted by Gasteiger charge is 2.36. The van der Waals surface area contributed by atoms with Crippen molar-refractivity contribution in [2.24, 2.45) is 10.6 Å². The summed E-state index contributed by atoms with van der Waals surface area (Å²) in [6.45, 7) is 8.90. The van der Waals surface area contributed by atoms with Crippen molar-refractivity contribution in [3.63, 3.8) is 0 Å². The molecule has 106 valence electrons. The summed E-state index contributed by atoms with van der Waals surface area (Å²) in [6, 6.07) is 0. The quantitative estimate of drug-likeness (QED) is 0.547. The Bertz CT molecular complexity index is 276. The molecule has 0 radical (unpaired) electrons. The van der Waals surface area contributed by atoms with Crippen LogP contribution in [-0.2, 0) is 4.84 Å². The standard InChI is InChI=1S/C13H25ClN2O2/c1-4-16(5-2)9-11(17)10-18-15-12(14)13(3)7-6-8-13/h11,17H,4-10H2,1-3H3/b15-12-. The molecule has 1 rings (SSSR count). The molecule has 4 nitrogen and oxygen atoms in total. The SMILES string of the molecule is CCN(CC)CC(O)CO/N=C(\Cl)C1(C)CCC1. The van der Waals surface area contributed by atoms with Gasteiger partial charge in [0, 0.05) is 12.0 Å². The minimum absolute atomic E-state index is 0.00534. The molecular formula is C13H25ClN2O2. The van der Waals surface area contributed by atoms with Crippen molar-refractivity contribution in [3.8, 4) is 0 Å². The lowest BCUT2D eigenvalue weighted by Gasteiger charge is -2.36. The Morgan fingerprint density at radius 1 is 1.44 bits per heavy atom. The van der Waals surface area contributed by atoms with Gasteiger partial charge in [-0.15, -0.1) is 0 Å². The fourth-order valence-corrected chi connectivity index (χ4v) is 2.27. The highest BCUT2D eigenvalue weighted by atomic mass is 35.5. The molecule has 1 atom stereocenters. The number of halogens is 1. The molecule has 1 fully saturated rings. The van der Waals surface area contributed by atoms with Crippen LogP contribution in [0.4, 0.5) is 0 Å². The Hall–Kier alpha value is -0.320. The second-order valence-corrected chi connectivity index (χ2v) is 5.59. The fourth-order valence-electron chi connectivity index (χ4n) is 2.04. The highest BCUT2D eigenvalue weighted by Crippen LogP contribution is 2.42. The summed E-state index contributed by atoms with van der Waals surface area (Å²) >= 11 is 6.10. The van der Waals surface area contributed by atoms with Gasteiger partial charge in [-0.25, -0.2) is 0 Å². The number of aliphatic hydroxyl groups excluding tert-OH is 1. The smallest absolute Gasteiger partial charge is 0.151 e. The Balaban J connectivity index is 2.26. The van der Waals surface area contributed by atoms with E-state index < -0.39 is 6.10 Å². The van der Waals surface area contributed by atoms with Crippen LogP contribution in [0.15, 0.2) is 5.16 Å². The molecule has 0 amide bonds. The van der Waals surface area contributed by atoms with Crippen molar-refractivity contribution in [2.45, 2.75) is 46.1 Å². The van der Waals surface area contributed by atoms with E-state index in [0.29, 0.717) is 11.7 Å². The van der Waals surface area contributed by atoms with Crippen molar-refractivity contribution >= 4 is 16.8 Å². The van der Waals surface area contributed by atoms with Gasteiger partial charge in [-0.3, -0.25) is 0 Å². The average Bonchev–Trinajstić information content (AvgIpc) is 2.32. The van der Waals surface area contributed by atoms with E-state index in [1.807, 2.05) is 0 Å². The van der Waals surface area contributed by atoms with Gasteiger partial charge in [0.25, 0.3) is 0 Å². The maximum Gasteiger partial charge on any atom is 0.151 e. The fraction of sp³-hybridized carbons (Fsp3) is 0.923. The summed E-state index contributed by atoms with van der Waals surface area (Å²) in [5.74, 6) is 0. The van der Waals surface area contributed by atoms with Crippen molar-refractivity contribution in [2.75, 3.05) is 26.2 Å². The largest absolute Gasteiger partial charge is 0.392 e.